The van der Waals surface area contributed by atoms with Gasteiger partial charge in [0.15, 0.2) is 23.3 Å². The molecule has 0 aliphatic carbocycles. The molecule has 1 saturated heterocycles. The molecule has 3 heterocycles. The van der Waals surface area contributed by atoms with Crippen LogP contribution in [0.1, 0.15) is 36.4 Å². The highest BCUT2D eigenvalue weighted by atomic mass is 32.1. The van der Waals surface area contributed by atoms with E-state index in [2.05, 4.69) is 10.1 Å². The third kappa shape index (κ3) is 4.27. The van der Waals surface area contributed by atoms with Crippen molar-refractivity contribution in [3.8, 4) is 17.0 Å². The first-order chi connectivity index (χ1) is 16.5. The monoisotopic (exact) mass is 485 g/mol. The van der Waals surface area contributed by atoms with Crippen molar-refractivity contribution in [2.24, 2.45) is 5.16 Å². The van der Waals surface area contributed by atoms with Crippen molar-refractivity contribution in [2.45, 2.75) is 25.3 Å². The Hall–Kier alpha value is -3.33. The van der Waals surface area contributed by atoms with Crippen molar-refractivity contribution < 1.29 is 22.7 Å². The van der Waals surface area contributed by atoms with Gasteiger partial charge in [-0.15, -0.1) is 11.3 Å². The molecule has 1 atom stereocenters. The molecule has 34 heavy (non-hydrogen) atoms. The Morgan fingerprint density at radius 3 is 2.74 bits per heavy atom. The molecule has 176 valence electrons. The molecule has 2 aliphatic heterocycles. The predicted octanol–water partition coefficient (Wildman–Crippen LogP) is 6.19. The minimum Gasteiger partial charge on any atom is -0.496 e. The predicted molar refractivity (Wildman–Crippen MR) is 125 cm³/mol. The first-order valence-electron chi connectivity index (χ1n) is 10.9. The fraction of sp³-hybridized carbons (Fsp3) is 0.280. The largest absolute Gasteiger partial charge is 0.496 e. The van der Waals surface area contributed by atoms with E-state index in [0.717, 1.165) is 47.4 Å². The summed E-state index contributed by atoms with van der Waals surface area (Å²) >= 11 is 1.52. The van der Waals surface area contributed by atoms with E-state index in [9.17, 15) is 13.2 Å². The smallest absolute Gasteiger partial charge is 0.194 e. The number of aromatic nitrogens is 1. The van der Waals surface area contributed by atoms with Crippen LogP contribution in [0, 0.1) is 17.5 Å². The Kier molecular flexibility index (Phi) is 6.28. The van der Waals surface area contributed by atoms with Crippen LogP contribution in [0.15, 0.2) is 52.0 Å². The zero-order valence-electron chi connectivity index (χ0n) is 18.4. The number of amidine groups is 1. The van der Waals surface area contributed by atoms with E-state index in [1.165, 1.54) is 11.3 Å². The first-order valence-corrected chi connectivity index (χ1v) is 11.9. The number of halogens is 3. The van der Waals surface area contributed by atoms with E-state index in [1.807, 2.05) is 34.6 Å². The third-order valence-corrected chi connectivity index (χ3v) is 6.67. The van der Waals surface area contributed by atoms with Crippen LogP contribution >= 0.6 is 11.3 Å². The average molecular weight is 486 g/mol. The van der Waals surface area contributed by atoms with E-state index in [-0.39, 0.29) is 12.6 Å². The zero-order chi connectivity index (χ0) is 23.7. The van der Waals surface area contributed by atoms with Gasteiger partial charge in [0.05, 0.1) is 24.4 Å². The number of oxime groups is 1. The van der Waals surface area contributed by atoms with Gasteiger partial charge in [-0.1, -0.05) is 11.2 Å². The lowest BCUT2D eigenvalue weighted by Gasteiger charge is -2.36. The molecule has 3 aromatic rings. The van der Waals surface area contributed by atoms with Crippen LogP contribution in [0.4, 0.5) is 13.2 Å². The van der Waals surface area contributed by atoms with Crippen molar-refractivity contribution >= 4 is 23.2 Å². The number of fused-ring (bicyclic) bond motifs is 1. The summed E-state index contributed by atoms with van der Waals surface area (Å²) in [5, 5.41) is 6.30. The van der Waals surface area contributed by atoms with Crippen molar-refractivity contribution in [3.05, 3.63) is 75.4 Å². The van der Waals surface area contributed by atoms with E-state index in [0.29, 0.717) is 30.1 Å². The van der Waals surface area contributed by atoms with Gasteiger partial charge in [-0.25, -0.2) is 18.2 Å². The standard InChI is InChI=1S/C25H22F3N3O2S/c1-32-23-10-15(4-5-18(23)21-13-34-14-29-21)9-16-3-2-7-31-22(6-8-33-30-25(16)31)17-11-19(26)24(28)20(27)12-17/h4-5,9-14,22H,2-3,6-8H2,1H3/b16-9+. The number of ether oxygens (including phenoxy) is 1. The summed E-state index contributed by atoms with van der Waals surface area (Å²) in [6, 6.07) is 7.65. The molecule has 2 aromatic carbocycles. The fourth-order valence-electron chi connectivity index (χ4n) is 4.49. The summed E-state index contributed by atoms with van der Waals surface area (Å²) in [7, 11) is 1.62. The molecule has 0 amide bonds. The molecular formula is C25H22F3N3O2S. The van der Waals surface area contributed by atoms with Gasteiger partial charge in [0, 0.05) is 23.9 Å². The van der Waals surface area contributed by atoms with Gasteiger partial charge in [-0.2, -0.15) is 0 Å². The molecule has 9 heteroatoms. The lowest BCUT2D eigenvalue weighted by atomic mass is 9.94. The maximum Gasteiger partial charge on any atom is 0.194 e. The van der Waals surface area contributed by atoms with Gasteiger partial charge in [0.25, 0.3) is 0 Å². The summed E-state index contributed by atoms with van der Waals surface area (Å²) in [6.07, 6.45) is 4.10. The minimum atomic E-state index is -1.46. The number of nitrogens with zero attached hydrogens (tertiary/aromatic N) is 3. The van der Waals surface area contributed by atoms with E-state index >= 15 is 0 Å². The minimum absolute atomic E-state index is 0.286. The SMILES string of the molecule is COc1cc(/C=C2\CCCN3C2=NOCCC3c2cc(F)c(F)c(F)c2)ccc1-c1cscn1. The van der Waals surface area contributed by atoms with E-state index in [4.69, 9.17) is 9.57 Å². The molecule has 0 N–H and O–H groups in total. The molecule has 1 aromatic heterocycles. The van der Waals surface area contributed by atoms with Crippen molar-refractivity contribution in [2.75, 3.05) is 20.3 Å². The molecule has 0 radical (unpaired) electrons. The molecule has 0 saturated carbocycles. The Morgan fingerprint density at radius 1 is 1.18 bits per heavy atom. The number of hydrogen-bond donors (Lipinski definition) is 0. The highest BCUT2D eigenvalue weighted by Crippen LogP contribution is 2.36. The van der Waals surface area contributed by atoms with Crippen LogP contribution in [0.3, 0.4) is 0 Å². The van der Waals surface area contributed by atoms with Gasteiger partial charge in [0.1, 0.15) is 12.4 Å². The molecule has 1 unspecified atom stereocenters. The molecule has 1 fully saturated rings. The zero-order valence-corrected chi connectivity index (χ0v) is 19.2. The Balaban J connectivity index is 1.49. The molecular weight excluding hydrogens is 463 g/mol. The van der Waals surface area contributed by atoms with Crippen LogP contribution in [-0.2, 0) is 4.84 Å². The number of hydrogen-bond acceptors (Lipinski definition) is 6. The van der Waals surface area contributed by atoms with Crippen LogP contribution in [0.5, 0.6) is 5.75 Å². The molecule has 2 aliphatic rings. The van der Waals surface area contributed by atoms with Crippen molar-refractivity contribution in [1.82, 2.24) is 9.88 Å². The maximum atomic E-state index is 14.0. The Labute approximate surface area is 199 Å². The number of benzene rings is 2. The molecule has 0 bridgehead atoms. The summed E-state index contributed by atoms with van der Waals surface area (Å²) < 4.78 is 47.1. The van der Waals surface area contributed by atoms with Crippen LogP contribution < -0.4 is 4.74 Å². The molecule has 5 nitrogen and oxygen atoms in total. The van der Waals surface area contributed by atoms with Gasteiger partial charge in [-0.05, 0) is 59.9 Å². The third-order valence-electron chi connectivity index (χ3n) is 6.08. The van der Waals surface area contributed by atoms with Gasteiger partial charge >= 0.3 is 0 Å². The number of piperidine rings is 1. The van der Waals surface area contributed by atoms with Crippen LogP contribution in [-0.4, -0.2) is 36.0 Å². The number of methoxy groups -OCH3 is 1. The second kappa shape index (κ2) is 9.50. The van der Waals surface area contributed by atoms with E-state index < -0.39 is 17.5 Å². The van der Waals surface area contributed by atoms with E-state index in [1.54, 1.807) is 12.6 Å². The maximum absolute atomic E-state index is 14.0. The number of thiazole rings is 1. The molecule has 5 rings (SSSR count). The highest BCUT2D eigenvalue weighted by Gasteiger charge is 2.32. The van der Waals surface area contributed by atoms with Crippen molar-refractivity contribution in [3.63, 3.8) is 0 Å². The van der Waals surface area contributed by atoms with Gasteiger partial charge < -0.3 is 14.5 Å². The second-order valence-corrected chi connectivity index (χ2v) is 8.87. The fourth-order valence-corrected chi connectivity index (χ4v) is 5.04. The Bertz CT molecular complexity index is 1240. The number of rotatable bonds is 4. The first kappa shape index (κ1) is 22.5. The van der Waals surface area contributed by atoms with Crippen LogP contribution in [0.2, 0.25) is 0 Å². The lowest BCUT2D eigenvalue weighted by molar-refractivity contribution is 0.140. The summed E-state index contributed by atoms with van der Waals surface area (Å²) in [6.45, 7) is 0.936. The van der Waals surface area contributed by atoms with Gasteiger partial charge in [0.2, 0.25) is 0 Å². The highest BCUT2D eigenvalue weighted by molar-refractivity contribution is 7.07. The Morgan fingerprint density at radius 2 is 2.00 bits per heavy atom. The quantitative estimate of drug-likeness (QED) is 0.414. The van der Waals surface area contributed by atoms with Crippen molar-refractivity contribution in [1.29, 1.82) is 0 Å². The summed E-state index contributed by atoms with van der Waals surface area (Å²) in [5.74, 6) is -2.52. The average Bonchev–Trinajstić information content (AvgIpc) is 3.29. The summed E-state index contributed by atoms with van der Waals surface area (Å²) in [5.41, 5.74) is 5.78. The van der Waals surface area contributed by atoms with Gasteiger partial charge in [-0.3, -0.25) is 0 Å². The lowest BCUT2D eigenvalue weighted by Crippen LogP contribution is -2.39. The molecule has 0 spiro atoms. The topological polar surface area (TPSA) is 47.0 Å². The van der Waals surface area contributed by atoms with Crippen LogP contribution in [0.25, 0.3) is 17.3 Å². The summed E-state index contributed by atoms with van der Waals surface area (Å²) in [4.78, 5) is 11.9. The normalized spacial score (nSPS) is 19.3. The second-order valence-electron chi connectivity index (χ2n) is 8.15.